The van der Waals surface area contributed by atoms with E-state index >= 15 is 0 Å². The number of hydrogen-bond donors (Lipinski definition) is 0. The summed E-state index contributed by atoms with van der Waals surface area (Å²) < 4.78 is 10.5. The Morgan fingerprint density at radius 2 is 2.44 bits per heavy atom. The zero-order valence-corrected chi connectivity index (χ0v) is 9.92. The number of carbonyl (C=O) groups excluding carboxylic acids is 1. The molecule has 0 radical (unpaired) electrons. The average molecular weight is 220 g/mol. The molecule has 3 nitrogen and oxygen atoms in total. The molecule has 1 aliphatic heterocycles. The fourth-order valence-corrected chi connectivity index (χ4v) is 1.60. The summed E-state index contributed by atoms with van der Waals surface area (Å²) in [5.41, 5.74) is -0.0666. The molecule has 1 heterocycles. The third-order valence-electron chi connectivity index (χ3n) is 2.28. The second-order valence-electron chi connectivity index (χ2n) is 3.74. The molecule has 0 aromatic heterocycles. The molecule has 3 heteroatoms. The van der Waals surface area contributed by atoms with Crippen LogP contribution in [0.3, 0.4) is 0 Å². The molecule has 0 aromatic rings. The number of allylic oxidation sites excluding steroid dienone is 2. The van der Waals surface area contributed by atoms with Crippen LogP contribution >= 0.6 is 0 Å². The molecule has 1 rings (SSSR count). The van der Waals surface area contributed by atoms with Crippen molar-refractivity contribution in [3.63, 3.8) is 0 Å². The first kappa shape index (κ1) is 12.4. The third-order valence-corrected chi connectivity index (χ3v) is 2.28. The van der Waals surface area contributed by atoms with Crippen LogP contribution < -0.4 is 0 Å². The largest absolute Gasteiger partial charge is 0.479 e. The van der Waals surface area contributed by atoms with Crippen molar-refractivity contribution < 1.29 is 14.3 Å². The Kier molecular flexibility index (Phi) is 3.78. The summed E-state index contributed by atoms with van der Waals surface area (Å²) in [6, 6.07) is 0. The molecular formula is C13H16O3. The molecule has 0 aromatic carbocycles. The molecule has 86 valence electrons. The topological polar surface area (TPSA) is 35.5 Å². The van der Waals surface area contributed by atoms with E-state index in [9.17, 15) is 4.79 Å². The predicted octanol–water partition coefficient (Wildman–Crippen LogP) is 2.19. The Hall–Kier alpha value is -1.69. The van der Waals surface area contributed by atoms with Crippen LogP contribution in [0.25, 0.3) is 0 Å². The molecule has 1 unspecified atom stereocenters. The summed E-state index contributed by atoms with van der Waals surface area (Å²) in [4.78, 5) is 11.6. The van der Waals surface area contributed by atoms with Gasteiger partial charge in [0.15, 0.2) is 5.60 Å². The van der Waals surface area contributed by atoms with E-state index in [0.717, 1.165) is 0 Å². The van der Waals surface area contributed by atoms with Crippen molar-refractivity contribution in [3.8, 4) is 11.8 Å². The minimum atomic E-state index is -0.639. The maximum atomic E-state index is 11.6. The minimum absolute atomic E-state index is 0.316. The van der Waals surface area contributed by atoms with Crippen molar-refractivity contribution in [2.45, 2.75) is 32.8 Å². The Balaban J connectivity index is 2.81. The van der Waals surface area contributed by atoms with E-state index in [-0.39, 0.29) is 5.97 Å². The van der Waals surface area contributed by atoms with Crippen LogP contribution in [0.15, 0.2) is 24.0 Å². The average Bonchev–Trinajstić information content (AvgIpc) is 2.53. The van der Waals surface area contributed by atoms with Gasteiger partial charge in [0.1, 0.15) is 5.76 Å². The van der Waals surface area contributed by atoms with Crippen LogP contribution in [0.1, 0.15) is 27.2 Å². The van der Waals surface area contributed by atoms with Gasteiger partial charge in [-0.25, -0.2) is 4.79 Å². The van der Waals surface area contributed by atoms with Gasteiger partial charge in [-0.15, -0.1) is 0 Å². The van der Waals surface area contributed by atoms with Gasteiger partial charge in [-0.2, -0.15) is 0 Å². The number of esters is 1. The van der Waals surface area contributed by atoms with Crippen LogP contribution in [-0.4, -0.2) is 18.2 Å². The molecule has 0 spiro atoms. The minimum Gasteiger partial charge on any atom is -0.479 e. The molecule has 16 heavy (non-hydrogen) atoms. The second kappa shape index (κ2) is 4.89. The summed E-state index contributed by atoms with van der Waals surface area (Å²) in [6.45, 7) is 9.27. The fourth-order valence-electron chi connectivity index (χ4n) is 1.60. The second-order valence-corrected chi connectivity index (χ2v) is 3.74. The zero-order valence-electron chi connectivity index (χ0n) is 9.92. The lowest BCUT2D eigenvalue weighted by Gasteiger charge is -2.17. The Bertz CT molecular complexity index is 395. The molecule has 1 aliphatic rings. The smallest absolute Gasteiger partial charge is 0.337 e. The highest BCUT2D eigenvalue weighted by Gasteiger charge is 2.37. The first-order valence-corrected chi connectivity index (χ1v) is 5.22. The van der Waals surface area contributed by atoms with Gasteiger partial charge < -0.3 is 9.47 Å². The first-order chi connectivity index (χ1) is 7.52. The molecule has 0 bridgehead atoms. The highest BCUT2D eigenvalue weighted by molar-refractivity contribution is 5.89. The molecule has 0 aliphatic carbocycles. The van der Waals surface area contributed by atoms with E-state index in [1.807, 2.05) is 6.92 Å². The molecule has 0 N–H and O–H groups in total. The Labute approximate surface area is 96.1 Å². The molecule has 0 saturated carbocycles. The monoisotopic (exact) mass is 220 g/mol. The normalized spacial score (nSPS) is 23.2. The van der Waals surface area contributed by atoms with E-state index in [1.165, 1.54) is 6.08 Å². The molecular weight excluding hydrogens is 204 g/mol. The summed E-state index contributed by atoms with van der Waals surface area (Å²) in [5, 5.41) is 0. The number of ether oxygens (including phenoxy) is 2. The summed E-state index contributed by atoms with van der Waals surface area (Å²) in [5.74, 6) is 5.96. The van der Waals surface area contributed by atoms with Crippen molar-refractivity contribution in [2.75, 3.05) is 6.61 Å². The third kappa shape index (κ3) is 2.66. The van der Waals surface area contributed by atoms with Gasteiger partial charge >= 0.3 is 5.97 Å². The molecule has 0 saturated heterocycles. The van der Waals surface area contributed by atoms with Crippen LogP contribution in [0.4, 0.5) is 0 Å². The van der Waals surface area contributed by atoms with Gasteiger partial charge in [0.2, 0.25) is 0 Å². The molecule has 0 fully saturated rings. The van der Waals surface area contributed by atoms with Crippen LogP contribution in [0.5, 0.6) is 0 Å². The van der Waals surface area contributed by atoms with Gasteiger partial charge in [-0.3, -0.25) is 0 Å². The number of carbonyl (C=O) groups is 1. The number of hydrogen-bond acceptors (Lipinski definition) is 3. The molecule has 0 amide bonds. The van der Waals surface area contributed by atoms with Crippen LogP contribution in [-0.2, 0) is 14.3 Å². The maximum Gasteiger partial charge on any atom is 0.337 e. The Morgan fingerprint density at radius 3 is 3.00 bits per heavy atom. The van der Waals surface area contributed by atoms with Crippen molar-refractivity contribution >= 4 is 5.97 Å². The van der Waals surface area contributed by atoms with Gasteiger partial charge in [0.25, 0.3) is 0 Å². The van der Waals surface area contributed by atoms with Gasteiger partial charge in [-0.1, -0.05) is 18.4 Å². The van der Waals surface area contributed by atoms with E-state index in [4.69, 9.17) is 9.47 Å². The lowest BCUT2D eigenvalue weighted by Crippen LogP contribution is -2.22. The lowest BCUT2D eigenvalue weighted by molar-refractivity contribution is -0.138. The standard InChI is InChI=1S/C13H16O3/c1-5-7-8-13(4)9-11(10(3)16-13)12(14)15-6-2/h5H,1,6,9H2,2-4H3. The van der Waals surface area contributed by atoms with Crippen molar-refractivity contribution in [1.82, 2.24) is 0 Å². The van der Waals surface area contributed by atoms with E-state index in [1.54, 1.807) is 13.8 Å². The summed E-state index contributed by atoms with van der Waals surface area (Å²) in [7, 11) is 0. The van der Waals surface area contributed by atoms with Gasteiger partial charge in [-0.05, 0) is 26.8 Å². The summed E-state index contributed by atoms with van der Waals surface area (Å²) in [6.07, 6.45) is 1.96. The van der Waals surface area contributed by atoms with E-state index in [0.29, 0.717) is 24.4 Å². The quantitative estimate of drug-likeness (QED) is 0.528. The predicted molar refractivity (Wildman–Crippen MR) is 61.4 cm³/mol. The molecule has 1 atom stereocenters. The maximum absolute atomic E-state index is 11.6. The highest BCUT2D eigenvalue weighted by Crippen LogP contribution is 2.33. The van der Waals surface area contributed by atoms with Gasteiger partial charge in [0.05, 0.1) is 12.2 Å². The van der Waals surface area contributed by atoms with Crippen LogP contribution in [0.2, 0.25) is 0 Å². The fraction of sp³-hybridized carbons (Fsp3) is 0.462. The van der Waals surface area contributed by atoms with Crippen LogP contribution in [0, 0.1) is 11.8 Å². The van der Waals surface area contributed by atoms with Crippen molar-refractivity contribution in [2.24, 2.45) is 0 Å². The highest BCUT2D eigenvalue weighted by atomic mass is 16.5. The summed E-state index contributed by atoms with van der Waals surface area (Å²) >= 11 is 0. The lowest BCUT2D eigenvalue weighted by atomic mass is 9.99. The van der Waals surface area contributed by atoms with Gasteiger partial charge in [0, 0.05) is 6.42 Å². The van der Waals surface area contributed by atoms with Crippen molar-refractivity contribution in [3.05, 3.63) is 24.0 Å². The number of rotatable bonds is 2. The van der Waals surface area contributed by atoms with Crippen molar-refractivity contribution in [1.29, 1.82) is 0 Å². The first-order valence-electron chi connectivity index (χ1n) is 5.22. The Morgan fingerprint density at radius 1 is 1.75 bits per heavy atom. The van der Waals surface area contributed by atoms with E-state index in [2.05, 4.69) is 18.4 Å². The van der Waals surface area contributed by atoms with E-state index < -0.39 is 5.60 Å². The zero-order chi connectivity index (χ0) is 12.2. The SMILES string of the molecule is C=CC#CC1(C)CC(C(=O)OCC)=C(C)O1.